The normalized spacial score (nSPS) is 16.9. The average molecular weight is 392 g/mol. The Labute approximate surface area is 151 Å². The van der Waals surface area contributed by atoms with Crippen LogP contribution >= 0.6 is 0 Å². The van der Waals surface area contributed by atoms with Crippen LogP contribution in [0.1, 0.15) is 32.3 Å². The quantitative estimate of drug-likeness (QED) is 0.774. The van der Waals surface area contributed by atoms with E-state index in [4.69, 9.17) is 0 Å². The molecule has 0 radical (unpaired) electrons. The van der Waals surface area contributed by atoms with E-state index >= 15 is 0 Å². The zero-order chi connectivity index (χ0) is 19.5. The number of hydrogen-bond donors (Lipinski definition) is 0. The second kappa shape index (κ2) is 7.96. The number of nitrogens with zero attached hydrogens (tertiary/aromatic N) is 2. The van der Waals surface area contributed by atoms with Crippen LogP contribution < -0.4 is 0 Å². The number of carbonyl (C=O) groups excluding carboxylic acids is 1. The van der Waals surface area contributed by atoms with Crippen LogP contribution in [0.15, 0.2) is 29.2 Å². The Bertz CT molecular complexity index is 738. The van der Waals surface area contributed by atoms with Gasteiger partial charge in [0, 0.05) is 32.1 Å². The number of sulfonamides is 1. The van der Waals surface area contributed by atoms with Gasteiger partial charge >= 0.3 is 6.18 Å². The molecule has 0 unspecified atom stereocenters. The Morgan fingerprint density at radius 2 is 1.69 bits per heavy atom. The van der Waals surface area contributed by atoms with E-state index in [0.717, 1.165) is 35.3 Å². The SMILES string of the molecule is CCC(CC)C(=O)N1CCN(S(=O)(=O)c2cccc(C(F)(F)F)c2)CC1. The second-order valence-corrected chi connectivity index (χ2v) is 8.21. The lowest BCUT2D eigenvalue weighted by atomic mass is 10.0. The minimum atomic E-state index is -4.61. The van der Waals surface area contributed by atoms with Crippen molar-refractivity contribution in [2.75, 3.05) is 26.2 Å². The minimum absolute atomic E-state index is 0.00566. The highest BCUT2D eigenvalue weighted by atomic mass is 32.2. The van der Waals surface area contributed by atoms with Gasteiger partial charge in [0.15, 0.2) is 0 Å². The van der Waals surface area contributed by atoms with E-state index in [1.807, 2.05) is 13.8 Å². The highest BCUT2D eigenvalue weighted by Crippen LogP contribution is 2.31. The van der Waals surface area contributed by atoms with Crippen molar-refractivity contribution in [1.29, 1.82) is 0 Å². The van der Waals surface area contributed by atoms with Crippen LogP contribution in [0, 0.1) is 5.92 Å². The number of carbonyl (C=O) groups is 1. The third-order valence-electron chi connectivity index (χ3n) is 4.68. The fourth-order valence-electron chi connectivity index (χ4n) is 3.03. The van der Waals surface area contributed by atoms with E-state index in [9.17, 15) is 26.4 Å². The first-order valence-corrected chi connectivity index (χ1v) is 10.0. The molecule has 1 aromatic rings. The van der Waals surface area contributed by atoms with Crippen molar-refractivity contribution in [3.8, 4) is 0 Å². The Morgan fingerprint density at radius 1 is 1.12 bits per heavy atom. The summed E-state index contributed by atoms with van der Waals surface area (Å²) in [4.78, 5) is 13.6. The lowest BCUT2D eigenvalue weighted by Crippen LogP contribution is -2.51. The van der Waals surface area contributed by atoms with E-state index in [2.05, 4.69) is 0 Å². The van der Waals surface area contributed by atoms with Crippen LogP contribution in [-0.2, 0) is 21.0 Å². The van der Waals surface area contributed by atoms with Crippen LogP contribution in [0.4, 0.5) is 13.2 Å². The summed E-state index contributed by atoms with van der Waals surface area (Å²) in [5, 5.41) is 0. The van der Waals surface area contributed by atoms with Crippen molar-refractivity contribution in [2.45, 2.75) is 37.8 Å². The van der Waals surface area contributed by atoms with Gasteiger partial charge < -0.3 is 4.90 Å². The molecule has 1 aliphatic rings. The molecule has 5 nitrogen and oxygen atoms in total. The molecule has 0 bridgehead atoms. The van der Waals surface area contributed by atoms with Crippen LogP contribution in [-0.4, -0.2) is 49.7 Å². The highest BCUT2D eigenvalue weighted by Gasteiger charge is 2.35. The van der Waals surface area contributed by atoms with Crippen LogP contribution in [0.2, 0.25) is 0 Å². The lowest BCUT2D eigenvalue weighted by Gasteiger charge is -2.35. The van der Waals surface area contributed by atoms with Crippen molar-refractivity contribution in [2.24, 2.45) is 5.92 Å². The first-order chi connectivity index (χ1) is 12.1. The summed E-state index contributed by atoms with van der Waals surface area (Å²) in [5.74, 6) is -0.0762. The summed E-state index contributed by atoms with van der Waals surface area (Å²) < 4.78 is 64.9. The molecule has 0 spiro atoms. The second-order valence-electron chi connectivity index (χ2n) is 6.27. The van der Waals surface area contributed by atoms with Gasteiger partial charge in [-0.1, -0.05) is 19.9 Å². The molecule has 1 aliphatic heterocycles. The van der Waals surface area contributed by atoms with Gasteiger partial charge in [-0.3, -0.25) is 4.79 Å². The third kappa shape index (κ3) is 4.37. The Kier molecular flexibility index (Phi) is 6.33. The van der Waals surface area contributed by atoms with Crippen molar-refractivity contribution in [3.63, 3.8) is 0 Å². The van der Waals surface area contributed by atoms with Crippen molar-refractivity contribution in [3.05, 3.63) is 29.8 Å². The smallest absolute Gasteiger partial charge is 0.340 e. The molecular weight excluding hydrogens is 369 g/mol. The van der Waals surface area contributed by atoms with Crippen LogP contribution in [0.3, 0.4) is 0 Å². The molecule has 26 heavy (non-hydrogen) atoms. The summed E-state index contributed by atoms with van der Waals surface area (Å²) in [5.41, 5.74) is -0.999. The van der Waals surface area contributed by atoms with Gasteiger partial charge in [0.1, 0.15) is 0 Å². The predicted molar refractivity (Wildman–Crippen MR) is 90.9 cm³/mol. The molecule has 1 fully saturated rings. The molecule has 9 heteroatoms. The maximum Gasteiger partial charge on any atom is 0.416 e. The largest absolute Gasteiger partial charge is 0.416 e. The molecule has 0 aliphatic carbocycles. The van der Waals surface area contributed by atoms with Gasteiger partial charge in [0.25, 0.3) is 0 Å². The average Bonchev–Trinajstić information content (AvgIpc) is 2.62. The van der Waals surface area contributed by atoms with E-state index in [0.29, 0.717) is 6.07 Å². The zero-order valence-corrected chi connectivity index (χ0v) is 15.6. The molecule has 2 rings (SSSR count). The van der Waals surface area contributed by atoms with Gasteiger partial charge in [0.05, 0.1) is 10.5 Å². The number of piperazine rings is 1. The Balaban J connectivity index is 2.12. The van der Waals surface area contributed by atoms with Crippen LogP contribution in [0.5, 0.6) is 0 Å². The van der Waals surface area contributed by atoms with Gasteiger partial charge in [-0.05, 0) is 31.0 Å². The minimum Gasteiger partial charge on any atom is -0.340 e. The van der Waals surface area contributed by atoms with Crippen molar-refractivity contribution >= 4 is 15.9 Å². The molecule has 0 N–H and O–H groups in total. The molecule has 1 heterocycles. The summed E-state index contributed by atoms with van der Waals surface area (Å²) >= 11 is 0. The summed E-state index contributed by atoms with van der Waals surface area (Å²) in [6.07, 6.45) is -3.16. The maximum atomic E-state index is 12.8. The lowest BCUT2D eigenvalue weighted by molar-refractivity contribution is -0.138. The molecule has 0 aromatic heterocycles. The van der Waals surface area contributed by atoms with Crippen LogP contribution in [0.25, 0.3) is 0 Å². The van der Waals surface area contributed by atoms with Crippen molar-refractivity contribution in [1.82, 2.24) is 9.21 Å². The highest BCUT2D eigenvalue weighted by molar-refractivity contribution is 7.89. The maximum absolute atomic E-state index is 12.8. The zero-order valence-electron chi connectivity index (χ0n) is 14.8. The first kappa shape index (κ1) is 20.7. The Hall–Kier alpha value is -1.61. The van der Waals surface area contributed by atoms with Gasteiger partial charge in [0.2, 0.25) is 15.9 Å². The van der Waals surface area contributed by atoms with E-state index in [-0.39, 0.29) is 42.9 Å². The number of hydrogen-bond acceptors (Lipinski definition) is 3. The summed E-state index contributed by atoms with van der Waals surface area (Å²) in [6.45, 7) is 4.50. The number of benzene rings is 1. The fourth-order valence-corrected chi connectivity index (χ4v) is 4.50. The van der Waals surface area contributed by atoms with Gasteiger partial charge in [-0.2, -0.15) is 17.5 Å². The number of amides is 1. The molecule has 0 atom stereocenters. The van der Waals surface area contributed by atoms with E-state index < -0.39 is 21.8 Å². The fraction of sp³-hybridized carbons (Fsp3) is 0.588. The number of rotatable bonds is 5. The topological polar surface area (TPSA) is 57.7 Å². The van der Waals surface area contributed by atoms with E-state index in [1.165, 1.54) is 0 Å². The molecule has 0 saturated carbocycles. The summed E-state index contributed by atoms with van der Waals surface area (Å²) in [6, 6.07) is 3.73. The summed E-state index contributed by atoms with van der Waals surface area (Å²) in [7, 11) is -4.03. The molecular formula is C17H23F3N2O3S. The molecule has 146 valence electrons. The van der Waals surface area contributed by atoms with Gasteiger partial charge in [-0.15, -0.1) is 0 Å². The monoisotopic (exact) mass is 392 g/mol. The molecule has 1 amide bonds. The molecule has 1 saturated heterocycles. The van der Waals surface area contributed by atoms with Gasteiger partial charge in [-0.25, -0.2) is 8.42 Å². The number of halogens is 3. The van der Waals surface area contributed by atoms with Crippen molar-refractivity contribution < 1.29 is 26.4 Å². The third-order valence-corrected chi connectivity index (χ3v) is 6.58. The first-order valence-electron chi connectivity index (χ1n) is 8.57. The Morgan fingerprint density at radius 3 is 2.19 bits per heavy atom. The predicted octanol–water partition coefficient (Wildman–Crippen LogP) is 2.97. The standard InChI is InChI=1S/C17H23F3N2O3S/c1-3-13(4-2)16(23)21-8-10-22(11-9-21)26(24,25)15-7-5-6-14(12-15)17(18,19)20/h5-7,12-13H,3-4,8-11H2,1-2H3. The van der Waals surface area contributed by atoms with E-state index in [1.54, 1.807) is 4.90 Å². The molecule has 1 aromatic carbocycles. The number of alkyl halides is 3.